The number of ether oxygens (including phenoxy) is 1. The first kappa shape index (κ1) is 31.7. The molecule has 5 rings (SSSR count). The minimum absolute atomic E-state index is 0.0242. The molecule has 2 aliphatic rings. The number of nitrogens with zero attached hydrogens (tertiary/aromatic N) is 6. The maximum absolute atomic E-state index is 15.3. The molecule has 0 N–H and O–H groups in total. The van der Waals surface area contributed by atoms with Gasteiger partial charge >= 0.3 is 12.5 Å². The summed E-state index contributed by atoms with van der Waals surface area (Å²) in [6.07, 6.45) is -2.96. The first-order valence-corrected chi connectivity index (χ1v) is 16.3. The highest BCUT2D eigenvalue weighted by atomic mass is 32.2. The topological polar surface area (TPSA) is 112 Å². The molecule has 2 amide bonds. The van der Waals surface area contributed by atoms with E-state index in [1.54, 1.807) is 24.3 Å². The fourth-order valence-electron chi connectivity index (χ4n) is 5.11. The lowest BCUT2D eigenvalue weighted by Crippen LogP contribution is -2.49. The Kier molecular flexibility index (Phi) is 10.1. The molecule has 11 nitrogen and oxygen atoms in total. The molecular weight excluding hydrogens is 601 g/mol. The van der Waals surface area contributed by atoms with Crippen molar-refractivity contribution in [1.29, 1.82) is 0 Å². The highest BCUT2D eigenvalue weighted by Crippen LogP contribution is 2.28. The number of rotatable bonds is 10. The lowest BCUT2D eigenvalue weighted by Gasteiger charge is -2.34. The molecular formula is C29H35F3N6O5S. The molecule has 0 saturated carbocycles. The van der Waals surface area contributed by atoms with Gasteiger partial charge in [0.1, 0.15) is 18.2 Å². The minimum Gasteiger partial charge on any atom is -0.492 e. The number of aromatic nitrogens is 2. The minimum atomic E-state index is -3.23. The maximum Gasteiger partial charge on any atom is 0.324 e. The Bertz CT molecular complexity index is 1520. The second kappa shape index (κ2) is 13.9. The lowest BCUT2D eigenvalue weighted by molar-refractivity contribution is 0.116. The number of anilines is 1. The number of benzene rings is 2. The van der Waals surface area contributed by atoms with E-state index in [9.17, 15) is 22.0 Å². The molecule has 1 aromatic heterocycles. The second-order valence-corrected chi connectivity index (χ2v) is 13.0. The third-order valence-electron chi connectivity index (χ3n) is 7.84. The van der Waals surface area contributed by atoms with Crippen molar-refractivity contribution < 1.29 is 35.5 Å². The first-order chi connectivity index (χ1) is 21.1. The van der Waals surface area contributed by atoms with Gasteiger partial charge in [-0.1, -0.05) is 13.0 Å². The standard InChI is InChI=1S/C29H35F3N6O5S/c1-2-35-9-11-36(12-10-35)13-16-42-24-7-5-23(6-8-24)38(29(39)37-14-17-44(40,41)18-15-37)20-22-4-3-21(19-25(22)30)27-33-34-28(43-27)26(31)32/h3-8,19,26H,2,9-18,20H2,1H3. The van der Waals surface area contributed by atoms with Gasteiger partial charge in [0.15, 0.2) is 9.84 Å². The summed E-state index contributed by atoms with van der Waals surface area (Å²) in [5.41, 5.74) is 0.718. The predicted molar refractivity (Wildman–Crippen MR) is 157 cm³/mol. The van der Waals surface area contributed by atoms with Gasteiger partial charge in [-0.25, -0.2) is 17.6 Å². The van der Waals surface area contributed by atoms with Crippen molar-refractivity contribution in [1.82, 2.24) is 24.9 Å². The SMILES string of the molecule is CCN1CCN(CCOc2ccc(N(Cc3ccc(-c4nnc(C(F)F)o4)cc3F)C(=O)N3CCS(=O)(=O)CC3)cc2)CC1. The third-order valence-corrected chi connectivity index (χ3v) is 9.45. The molecule has 2 aromatic carbocycles. The van der Waals surface area contributed by atoms with Crippen molar-refractivity contribution in [3.8, 4) is 17.2 Å². The fraction of sp³-hybridized carbons (Fsp3) is 0.483. The maximum atomic E-state index is 15.3. The third kappa shape index (κ3) is 7.87. The van der Waals surface area contributed by atoms with Crippen molar-refractivity contribution in [2.24, 2.45) is 0 Å². The van der Waals surface area contributed by atoms with Crippen LogP contribution in [0.2, 0.25) is 0 Å². The number of alkyl halides is 2. The van der Waals surface area contributed by atoms with Crippen LogP contribution < -0.4 is 9.64 Å². The molecule has 0 unspecified atom stereocenters. The van der Waals surface area contributed by atoms with Crippen LogP contribution in [0.3, 0.4) is 0 Å². The van der Waals surface area contributed by atoms with Gasteiger partial charge in [0.25, 0.3) is 5.89 Å². The van der Waals surface area contributed by atoms with E-state index >= 15 is 4.39 Å². The predicted octanol–water partition coefficient (Wildman–Crippen LogP) is 3.69. The number of hydrogen-bond donors (Lipinski definition) is 0. The van der Waals surface area contributed by atoms with Crippen LogP contribution in [0.15, 0.2) is 46.9 Å². The highest BCUT2D eigenvalue weighted by molar-refractivity contribution is 7.91. The monoisotopic (exact) mass is 636 g/mol. The zero-order valence-corrected chi connectivity index (χ0v) is 25.2. The van der Waals surface area contributed by atoms with Gasteiger partial charge in [-0.05, 0) is 42.9 Å². The van der Waals surface area contributed by atoms with E-state index in [4.69, 9.17) is 9.15 Å². The average Bonchev–Trinajstić information content (AvgIpc) is 3.52. The van der Waals surface area contributed by atoms with Gasteiger partial charge in [-0.2, -0.15) is 8.78 Å². The zero-order valence-electron chi connectivity index (χ0n) is 24.4. The van der Waals surface area contributed by atoms with Crippen LogP contribution in [-0.2, 0) is 16.4 Å². The summed E-state index contributed by atoms with van der Waals surface area (Å²) in [5, 5.41) is 6.82. The number of likely N-dealkylation sites (N-methyl/N-ethyl adjacent to an activating group) is 1. The van der Waals surface area contributed by atoms with Gasteiger partial charge in [0.2, 0.25) is 5.89 Å². The van der Waals surface area contributed by atoms with E-state index in [-0.39, 0.29) is 48.2 Å². The number of carbonyl (C=O) groups is 1. The van der Waals surface area contributed by atoms with Crippen molar-refractivity contribution in [2.75, 3.05) is 75.4 Å². The van der Waals surface area contributed by atoms with Crippen LogP contribution in [0.5, 0.6) is 5.75 Å². The Morgan fingerprint density at radius 2 is 1.68 bits per heavy atom. The van der Waals surface area contributed by atoms with Crippen LogP contribution >= 0.6 is 0 Å². The van der Waals surface area contributed by atoms with Gasteiger partial charge in [-0.15, -0.1) is 10.2 Å². The van der Waals surface area contributed by atoms with Gasteiger partial charge in [-0.3, -0.25) is 9.80 Å². The molecule has 2 saturated heterocycles. The second-order valence-electron chi connectivity index (χ2n) is 10.7. The number of piperazine rings is 1. The van der Waals surface area contributed by atoms with E-state index < -0.39 is 34.0 Å². The molecule has 0 bridgehead atoms. The molecule has 2 fully saturated rings. The number of sulfone groups is 1. The van der Waals surface area contributed by atoms with E-state index in [1.165, 1.54) is 21.9 Å². The Labute approximate surface area is 254 Å². The smallest absolute Gasteiger partial charge is 0.324 e. The van der Waals surface area contributed by atoms with E-state index in [0.717, 1.165) is 45.3 Å². The summed E-state index contributed by atoms with van der Waals surface area (Å²) >= 11 is 0. The zero-order chi connectivity index (χ0) is 31.3. The van der Waals surface area contributed by atoms with Crippen LogP contribution in [-0.4, -0.2) is 110 Å². The molecule has 0 radical (unpaired) electrons. The van der Waals surface area contributed by atoms with E-state index in [1.807, 2.05) is 0 Å². The highest BCUT2D eigenvalue weighted by Gasteiger charge is 2.30. The van der Waals surface area contributed by atoms with Crippen molar-refractivity contribution in [3.05, 3.63) is 59.7 Å². The summed E-state index contributed by atoms with van der Waals surface area (Å²) < 4.78 is 75.8. The summed E-state index contributed by atoms with van der Waals surface area (Å²) in [7, 11) is -3.23. The average molecular weight is 637 g/mol. The van der Waals surface area contributed by atoms with Crippen molar-refractivity contribution >= 4 is 21.6 Å². The Balaban J connectivity index is 1.29. The summed E-state index contributed by atoms with van der Waals surface area (Å²) in [6.45, 7) is 8.45. The molecule has 0 atom stereocenters. The Morgan fingerprint density at radius 3 is 2.30 bits per heavy atom. The lowest BCUT2D eigenvalue weighted by atomic mass is 10.1. The van der Waals surface area contributed by atoms with Crippen LogP contribution in [0.25, 0.3) is 11.5 Å². The molecule has 0 aliphatic carbocycles. The Morgan fingerprint density at radius 1 is 1.00 bits per heavy atom. The molecule has 238 valence electrons. The molecule has 2 aliphatic heterocycles. The van der Waals surface area contributed by atoms with E-state index in [2.05, 4.69) is 26.9 Å². The quantitative estimate of drug-likeness (QED) is 0.329. The number of urea groups is 1. The largest absolute Gasteiger partial charge is 0.492 e. The molecule has 3 aromatic rings. The molecule has 3 heterocycles. The van der Waals surface area contributed by atoms with E-state index in [0.29, 0.717) is 18.0 Å². The first-order valence-electron chi connectivity index (χ1n) is 14.5. The number of halogens is 3. The summed E-state index contributed by atoms with van der Waals surface area (Å²) in [6, 6.07) is 10.3. The number of amides is 2. The Hall–Kier alpha value is -3.69. The van der Waals surface area contributed by atoms with Gasteiger partial charge in [0, 0.05) is 62.6 Å². The summed E-state index contributed by atoms with van der Waals surface area (Å²) in [5.74, 6) is -1.52. The van der Waals surface area contributed by atoms with Gasteiger partial charge in [0.05, 0.1) is 18.1 Å². The fourth-order valence-corrected chi connectivity index (χ4v) is 6.31. The molecule has 0 spiro atoms. The van der Waals surface area contributed by atoms with Crippen LogP contribution in [0, 0.1) is 5.82 Å². The van der Waals surface area contributed by atoms with Crippen LogP contribution in [0.1, 0.15) is 24.8 Å². The van der Waals surface area contributed by atoms with Gasteiger partial charge < -0.3 is 19.0 Å². The van der Waals surface area contributed by atoms with Crippen LogP contribution in [0.4, 0.5) is 23.7 Å². The molecule has 44 heavy (non-hydrogen) atoms. The number of carbonyl (C=O) groups excluding carboxylic acids is 1. The molecule has 15 heteroatoms. The normalized spacial score (nSPS) is 17.6. The van der Waals surface area contributed by atoms with Crippen molar-refractivity contribution in [3.63, 3.8) is 0 Å². The number of hydrogen-bond acceptors (Lipinski definition) is 9. The van der Waals surface area contributed by atoms with Crippen molar-refractivity contribution in [2.45, 2.75) is 19.9 Å². The summed E-state index contributed by atoms with van der Waals surface area (Å²) in [4.78, 5) is 21.2.